The quantitative estimate of drug-likeness (QED) is 0.896. The molecule has 19 heavy (non-hydrogen) atoms. The van der Waals surface area contributed by atoms with Crippen molar-refractivity contribution in [1.82, 2.24) is 24.9 Å². The molecule has 0 bridgehead atoms. The standard InChI is InChI=1S/C14H23N5/c1-5-18-10-13(8-16-18)11-19-9-12(7-17-19)6-15-14(2,3)4/h7-10,15H,5-6,11H2,1-4H3. The molecule has 0 saturated carbocycles. The number of nitrogens with one attached hydrogen (secondary N) is 1. The smallest absolute Gasteiger partial charge is 0.0690 e. The molecular weight excluding hydrogens is 238 g/mol. The summed E-state index contributed by atoms with van der Waals surface area (Å²) in [5.74, 6) is 0. The molecule has 0 aliphatic heterocycles. The molecule has 1 N–H and O–H groups in total. The molecule has 2 rings (SSSR count). The van der Waals surface area contributed by atoms with E-state index in [0.29, 0.717) is 0 Å². The van der Waals surface area contributed by atoms with Crippen molar-refractivity contribution < 1.29 is 0 Å². The zero-order chi connectivity index (χ0) is 13.9. The number of aromatic nitrogens is 4. The normalized spacial score (nSPS) is 12.0. The molecule has 0 aliphatic rings. The minimum atomic E-state index is 0.129. The molecule has 0 fully saturated rings. The highest BCUT2D eigenvalue weighted by Gasteiger charge is 2.09. The molecule has 5 heteroatoms. The van der Waals surface area contributed by atoms with Gasteiger partial charge in [-0.25, -0.2) is 0 Å². The molecule has 0 saturated heterocycles. The lowest BCUT2D eigenvalue weighted by Gasteiger charge is -2.19. The van der Waals surface area contributed by atoms with Gasteiger partial charge >= 0.3 is 0 Å². The highest BCUT2D eigenvalue weighted by molar-refractivity contribution is 5.08. The lowest BCUT2D eigenvalue weighted by atomic mass is 10.1. The van der Waals surface area contributed by atoms with E-state index in [0.717, 1.165) is 19.6 Å². The van der Waals surface area contributed by atoms with Gasteiger partial charge in [-0.15, -0.1) is 0 Å². The van der Waals surface area contributed by atoms with Crippen LogP contribution >= 0.6 is 0 Å². The maximum absolute atomic E-state index is 4.39. The van der Waals surface area contributed by atoms with E-state index in [1.807, 2.05) is 21.8 Å². The lowest BCUT2D eigenvalue weighted by molar-refractivity contribution is 0.424. The van der Waals surface area contributed by atoms with Crippen LogP contribution in [0.4, 0.5) is 0 Å². The number of hydrogen-bond acceptors (Lipinski definition) is 3. The minimum absolute atomic E-state index is 0.129. The Kier molecular flexibility index (Phi) is 4.04. The fourth-order valence-corrected chi connectivity index (χ4v) is 1.80. The Hall–Kier alpha value is -1.62. The molecule has 2 aromatic heterocycles. The summed E-state index contributed by atoms with van der Waals surface area (Å²) >= 11 is 0. The van der Waals surface area contributed by atoms with Crippen LogP contribution in [0.5, 0.6) is 0 Å². The fraction of sp³-hybridized carbons (Fsp3) is 0.571. The second kappa shape index (κ2) is 5.57. The summed E-state index contributed by atoms with van der Waals surface area (Å²) < 4.78 is 3.89. The minimum Gasteiger partial charge on any atom is -0.308 e. The highest BCUT2D eigenvalue weighted by Crippen LogP contribution is 2.06. The molecule has 0 aromatic carbocycles. The Morgan fingerprint density at radius 2 is 1.68 bits per heavy atom. The van der Waals surface area contributed by atoms with Gasteiger partial charge in [0.1, 0.15) is 0 Å². The van der Waals surface area contributed by atoms with Crippen molar-refractivity contribution in [3.63, 3.8) is 0 Å². The molecule has 0 radical (unpaired) electrons. The van der Waals surface area contributed by atoms with E-state index in [9.17, 15) is 0 Å². The summed E-state index contributed by atoms with van der Waals surface area (Å²) in [6.07, 6.45) is 7.97. The lowest BCUT2D eigenvalue weighted by Crippen LogP contribution is -2.34. The van der Waals surface area contributed by atoms with Gasteiger partial charge in [0, 0.05) is 42.1 Å². The van der Waals surface area contributed by atoms with Crippen LogP contribution in [0.15, 0.2) is 24.8 Å². The number of aryl methyl sites for hydroxylation is 1. The Labute approximate surface area is 114 Å². The van der Waals surface area contributed by atoms with Gasteiger partial charge < -0.3 is 5.32 Å². The molecular formula is C14H23N5. The zero-order valence-electron chi connectivity index (χ0n) is 12.2. The van der Waals surface area contributed by atoms with Gasteiger partial charge in [-0.05, 0) is 27.7 Å². The SMILES string of the molecule is CCn1cc(Cn2cc(CNC(C)(C)C)cn2)cn1. The molecule has 0 spiro atoms. The second-order valence-corrected chi connectivity index (χ2v) is 5.85. The van der Waals surface area contributed by atoms with Crippen LogP contribution in [-0.2, 0) is 19.6 Å². The highest BCUT2D eigenvalue weighted by atomic mass is 15.3. The van der Waals surface area contributed by atoms with Gasteiger partial charge in [0.2, 0.25) is 0 Å². The summed E-state index contributed by atoms with van der Waals surface area (Å²) in [5, 5.41) is 12.1. The van der Waals surface area contributed by atoms with Crippen LogP contribution in [-0.4, -0.2) is 25.1 Å². The summed E-state index contributed by atoms with van der Waals surface area (Å²) in [6, 6.07) is 0. The summed E-state index contributed by atoms with van der Waals surface area (Å²) in [4.78, 5) is 0. The van der Waals surface area contributed by atoms with Gasteiger partial charge in [-0.1, -0.05) is 0 Å². The van der Waals surface area contributed by atoms with Crippen LogP contribution in [0.2, 0.25) is 0 Å². The largest absolute Gasteiger partial charge is 0.308 e. The Balaban J connectivity index is 1.93. The molecule has 0 unspecified atom stereocenters. The Morgan fingerprint density at radius 3 is 2.32 bits per heavy atom. The maximum atomic E-state index is 4.39. The Morgan fingerprint density at radius 1 is 1.05 bits per heavy atom. The van der Waals surface area contributed by atoms with E-state index >= 15 is 0 Å². The van der Waals surface area contributed by atoms with Crippen molar-refractivity contribution in [3.8, 4) is 0 Å². The molecule has 104 valence electrons. The predicted octanol–water partition coefficient (Wildman–Crippen LogP) is 2.04. The first-order valence-corrected chi connectivity index (χ1v) is 6.74. The fourth-order valence-electron chi connectivity index (χ4n) is 1.80. The van der Waals surface area contributed by atoms with E-state index in [1.54, 1.807) is 0 Å². The summed E-state index contributed by atoms with van der Waals surface area (Å²) in [6.45, 7) is 11.1. The van der Waals surface area contributed by atoms with Crippen LogP contribution in [0.1, 0.15) is 38.8 Å². The van der Waals surface area contributed by atoms with E-state index < -0.39 is 0 Å². The van der Waals surface area contributed by atoms with Crippen LogP contribution in [0, 0.1) is 0 Å². The number of hydrogen-bond donors (Lipinski definition) is 1. The predicted molar refractivity (Wildman–Crippen MR) is 75.8 cm³/mol. The van der Waals surface area contributed by atoms with Crippen molar-refractivity contribution in [2.75, 3.05) is 0 Å². The average molecular weight is 261 g/mol. The monoisotopic (exact) mass is 261 g/mol. The van der Waals surface area contributed by atoms with E-state index in [-0.39, 0.29) is 5.54 Å². The zero-order valence-corrected chi connectivity index (χ0v) is 12.2. The van der Waals surface area contributed by atoms with Crippen molar-refractivity contribution in [3.05, 3.63) is 35.9 Å². The van der Waals surface area contributed by atoms with E-state index in [2.05, 4.69) is 55.6 Å². The molecule has 0 aliphatic carbocycles. The van der Waals surface area contributed by atoms with Gasteiger partial charge in [0.15, 0.2) is 0 Å². The van der Waals surface area contributed by atoms with Crippen LogP contribution in [0.3, 0.4) is 0 Å². The second-order valence-electron chi connectivity index (χ2n) is 5.85. The van der Waals surface area contributed by atoms with Crippen molar-refractivity contribution >= 4 is 0 Å². The average Bonchev–Trinajstić information content (AvgIpc) is 2.95. The molecule has 0 amide bonds. The number of nitrogens with zero attached hydrogens (tertiary/aromatic N) is 4. The van der Waals surface area contributed by atoms with Crippen LogP contribution in [0.25, 0.3) is 0 Å². The van der Waals surface area contributed by atoms with Gasteiger partial charge in [0.05, 0.1) is 18.9 Å². The van der Waals surface area contributed by atoms with Gasteiger partial charge in [-0.2, -0.15) is 10.2 Å². The topological polar surface area (TPSA) is 47.7 Å². The first kappa shape index (κ1) is 13.8. The van der Waals surface area contributed by atoms with Crippen molar-refractivity contribution in [2.45, 2.75) is 52.9 Å². The Bertz CT molecular complexity index is 518. The van der Waals surface area contributed by atoms with Gasteiger partial charge in [-0.3, -0.25) is 9.36 Å². The molecule has 2 heterocycles. The maximum Gasteiger partial charge on any atom is 0.0690 e. The van der Waals surface area contributed by atoms with E-state index in [4.69, 9.17) is 0 Å². The van der Waals surface area contributed by atoms with Crippen molar-refractivity contribution in [1.29, 1.82) is 0 Å². The third kappa shape index (κ3) is 4.21. The number of rotatable bonds is 5. The first-order valence-electron chi connectivity index (χ1n) is 6.74. The third-order valence-electron chi connectivity index (χ3n) is 2.86. The van der Waals surface area contributed by atoms with E-state index in [1.165, 1.54) is 11.1 Å². The third-order valence-corrected chi connectivity index (χ3v) is 2.86. The first-order chi connectivity index (χ1) is 8.96. The molecule has 5 nitrogen and oxygen atoms in total. The molecule has 0 atom stereocenters. The summed E-state index contributed by atoms with van der Waals surface area (Å²) in [7, 11) is 0. The summed E-state index contributed by atoms with van der Waals surface area (Å²) in [5.41, 5.74) is 2.52. The van der Waals surface area contributed by atoms with Gasteiger partial charge in [0.25, 0.3) is 0 Å². The van der Waals surface area contributed by atoms with Crippen LogP contribution < -0.4 is 5.32 Å². The molecule has 2 aromatic rings. The van der Waals surface area contributed by atoms with Crippen molar-refractivity contribution in [2.24, 2.45) is 0 Å².